The van der Waals surface area contributed by atoms with Crippen molar-refractivity contribution in [1.82, 2.24) is 10.3 Å². The van der Waals surface area contributed by atoms with E-state index in [2.05, 4.69) is 5.10 Å². The van der Waals surface area contributed by atoms with Crippen molar-refractivity contribution in [2.45, 2.75) is 37.1 Å². The maximum Gasteiger partial charge on any atom is 0.328 e. The largest absolute Gasteiger partial charge is 0.504 e. The van der Waals surface area contributed by atoms with E-state index in [1.807, 2.05) is 5.43 Å². The predicted molar refractivity (Wildman–Crippen MR) is 98.5 cm³/mol. The van der Waals surface area contributed by atoms with Gasteiger partial charge in [0.05, 0.1) is 5.56 Å². The molecule has 3 atom stereocenters. The molecule has 1 heterocycles. The van der Waals surface area contributed by atoms with Gasteiger partial charge in [0.1, 0.15) is 4.75 Å². The van der Waals surface area contributed by atoms with Crippen molar-refractivity contribution in [3.8, 4) is 17.2 Å². The van der Waals surface area contributed by atoms with Gasteiger partial charge in [-0.1, -0.05) is 0 Å². The highest BCUT2D eigenvalue weighted by atomic mass is 32.2. The van der Waals surface area contributed by atoms with Crippen LogP contribution in [-0.4, -0.2) is 74.6 Å². The zero-order valence-corrected chi connectivity index (χ0v) is 16.2. The monoisotopic (exact) mass is 429 g/mol. The van der Waals surface area contributed by atoms with Gasteiger partial charge in [-0.2, -0.15) is 5.10 Å². The van der Waals surface area contributed by atoms with Crippen LogP contribution >= 0.6 is 0 Å². The van der Waals surface area contributed by atoms with Crippen molar-refractivity contribution in [3.05, 3.63) is 17.7 Å². The number of thiol groups is 1. The summed E-state index contributed by atoms with van der Waals surface area (Å²) in [5, 5.41) is 41.4. The number of carboxylic acid groups (broad SMARTS) is 1. The van der Waals surface area contributed by atoms with Crippen LogP contribution < -0.4 is 5.43 Å². The van der Waals surface area contributed by atoms with Crippen molar-refractivity contribution >= 4 is 34.7 Å². The number of nitrogens with zero attached hydrogens (tertiary/aromatic N) is 2. The normalized spacial score (nSPS) is 19.6. The lowest BCUT2D eigenvalue weighted by Gasteiger charge is -2.45. The number of carbonyl (C=O) groups is 3. The number of hydrazone groups is 1. The van der Waals surface area contributed by atoms with E-state index in [0.29, 0.717) is 6.21 Å². The molecule has 1 saturated heterocycles. The first-order valence-electron chi connectivity index (χ1n) is 8.18. The minimum absolute atomic E-state index is 0.0764. The first-order chi connectivity index (χ1) is 13.4. The summed E-state index contributed by atoms with van der Waals surface area (Å²) in [7, 11) is -3.46. The van der Waals surface area contributed by atoms with Gasteiger partial charge in [-0.3, -0.25) is 9.59 Å². The molecule has 2 amide bonds. The number of hydrogen-bond acceptors (Lipinski definition) is 9. The molecule has 0 radical (unpaired) electrons. The van der Waals surface area contributed by atoms with E-state index in [1.165, 1.54) is 0 Å². The number of carboxylic acids is 1. The summed E-state index contributed by atoms with van der Waals surface area (Å²) in [6.07, 6.45) is 0.748. The molecule has 5 N–H and O–H groups in total. The van der Waals surface area contributed by atoms with Crippen molar-refractivity contribution in [1.29, 1.82) is 0 Å². The molecule has 1 aliphatic heterocycles. The molecular formula is C16H19N3O9S. The van der Waals surface area contributed by atoms with Crippen molar-refractivity contribution in [2.75, 3.05) is 0 Å². The lowest BCUT2D eigenvalue weighted by Crippen LogP contribution is -2.66. The molecule has 1 aromatic carbocycles. The molecule has 0 aromatic heterocycles. The van der Waals surface area contributed by atoms with E-state index in [-0.39, 0.29) is 6.42 Å². The molecule has 1 aliphatic rings. The lowest BCUT2D eigenvalue weighted by molar-refractivity contribution is -0.161. The first kappa shape index (κ1) is 21.9. The molecule has 1 aromatic rings. The fraction of sp³-hybridized carbons (Fsp3) is 0.375. The Hall–Kier alpha value is -3.35. The number of hydrogen-bond donors (Lipinski definition) is 6. The van der Waals surface area contributed by atoms with E-state index in [9.17, 15) is 43.2 Å². The molecule has 0 aliphatic carbocycles. The SMILES string of the molecule is C[C@@H]1CC(=O)N1[C@@H](C(=O)O)[C@](C)(/C=N/NC(=O)c1ccc(O)c(O)c1O)[SH](=O)=O. The third kappa shape index (κ3) is 3.94. The van der Waals surface area contributed by atoms with Crippen molar-refractivity contribution in [2.24, 2.45) is 5.10 Å². The fourth-order valence-corrected chi connectivity index (χ4v) is 3.48. The Balaban J connectivity index is 2.31. The van der Waals surface area contributed by atoms with Crippen LogP contribution in [0.3, 0.4) is 0 Å². The van der Waals surface area contributed by atoms with Crippen LogP contribution in [0.25, 0.3) is 0 Å². The second-order valence-corrected chi connectivity index (χ2v) is 8.08. The van der Waals surface area contributed by atoms with Crippen LogP contribution in [0.2, 0.25) is 0 Å². The molecule has 158 valence electrons. The Morgan fingerprint density at radius 1 is 1.31 bits per heavy atom. The van der Waals surface area contributed by atoms with Gasteiger partial charge in [-0.15, -0.1) is 0 Å². The quantitative estimate of drug-likeness (QED) is 0.103. The van der Waals surface area contributed by atoms with E-state index >= 15 is 0 Å². The van der Waals surface area contributed by atoms with Crippen LogP contribution in [0.15, 0.2) is 17.2 Å². The number of aliphatic carboxylic acids is 1. The zero-order chi connectivity index (χ0) is 22.1. The molecular weight excluding hydrogens is 410 g/mol. The second kappa shape index (κ2) is 7.95. The summed E-state index contributed by atoms with van der Waals surface area (Å²) < 4.78 is 21.5. The minimum Gasteiger partial charge on any atom is -0.504 e. The number of β-lactam (4-membered cyclic amide) rings is 1. The molecule has 0 unspecified atom stereocenters. The predicted octanol–water partition coefficient (Wildman–Crippen LogP) is -1.04. The Morgan fingerprint density at radius 2 is 1.93 bits per heavy atom. The van der Waals surface area contributed by atoms with Crippen LogP contribution in [0, 0.1) is 0 Å². The molecule has 13 heteroatoms. The topological polar surface area (TPSA) is 194 Å². The number of amides is 2. The Bertz CT molecular complexity index is 967. The number of nitrogens with one attached hydrogen (secondary N) is 1. The maximum atomic E-state index is 12.1. The summed E-state index contributed by atoms with van der Waals surface area (Å²) in [4.78, 5) is 36.5. The number of likely N-dealkylation sites (tertiary alicyclic amines) is 1. The molecule has 29 heavy (non-hydrogen) atoms. The Labute approximate surface area is 166 Å². The molecule has 2 rings (SSSR count). The third-order valence-corrected chi connectivity index (χ3v) is 5.71. The highest BCUT2D eigenvalue weighted by Crippen LogP contribution is 2.37. The summed E-state index contributed by atoms with van der Waals surface area (Å²) in [6, 6.07) is -0.350. The zero-order valence-electron chi connectivity index (χ0n) is 15.3. The van der Waals surface area contributed by atoms with Crippen LogP contribution in [-0.2, 0) is 20.3 Å². The Morgan fingerprint density at radius 3 is 2.41 bits per heavy atom. The van der Waals surface area contributed by atoms with E-state index in [4.69, 9.17) is 0 Å². The number of aromatic hydroxyl groups is 3. The average molecular weight is 429 g/mol. The number of carbonyl (C=O) groups excluding carboxylic acids is 2. The van der Waals surface area contributed by atoms with Crippen LogP contribution in [0.1, 0.15) is 30.6 Å². The highest BCUT2D eigenvalue weighted by molar-refractivity contribution is 7.75. The Kier molecular flexibility index (Phi) is 6.01. The second-order valence-electron chi connectivity index (χ2n) is 6.61. The standard InChI is InChI=1S/C16H19N3O9S/c1-7-5-10(21)19(7)13(15(25)26)16(2,29(27)28)6-17-18-14(24)8-3-4-9(20)12(23)11(8)22/h3-4,6-7,13,20,22-23,29H,5H2,1-2H3,(H,18,24)(H,25,26)/b17-6+/t7-,13+,16+/m1/s1. The van der Waals surface area contributed by atoms with E-state index in [0.717, 1.165) is 24.0 Å². The molecule has 0 spiro atoms. The fourth-order valence-electron chi connectivity index (χ4n) is 2.89. The van der Waals surface area contributed by atoms with Crippen LogP contribution in [0.4, 0.5) is 0 Å². The number of benzene rings is 1. The van der Waals surface area contributed by atoms with Crippen molar-refractivity contribution in [3.63, 3.8) is 0 Å². The summed E-state index contributed by atoms with van der Waals surface area (Å²) in [5.74, 6) is -5.71. The van der Waals surface area contributed by atoms with Gasteiger partial charge in [0.2, 0.25) is 11.7 Å². The first-order valence-corrected chi connectivity index (χ1v) is 9.36. The minimum atomic E-state index is -3.46. The molecule has 0 saturated carbocycles. The average Bonchev–Trinajstić information content (AvgIpc) is 2.63. The van der Waals surface area contributed by atoms with Gasteiger partial charge in [-0.05, 0) is 26.0 Å². The molecule has 1 fully saturated rings. The highest BCUT2D eigenvalue weighted by Gasteiger charge is 2.52. The van der Waals surface area contributed by atoms with E-state index in [1.54, 1.807) is 6.92 Å². The smallest absolute Gasteiger partial charge is 0.328 e. The molecule has 0 bridgehead atoms. The van der Waals surface area contributed by atoms with Gasteiger partial charge in [0.15, 0.2) is 28.2 Å². The van der Waals surface area contributed by atoms with Crippen LogP contribution in [0.5, 0.6) is 17.2 Å². The third-order valence-electron chi connectivity index (χ3n) is 4.56. The maximum absolute atomic E-state index is 12.1. The van der Waals surface area contributed by atoms with Crippen molar-refractivity contribution < 1.29 is 43.2 Å². The molecule has 12 nitrogen and oxygen atoms in total. The van der Waals surface area contributed by atoms with Gasteiger partial charge in [-0.25, -0.2) is 18.6 Å². The summed E-state index contributed by atoms with van der Waals surface area (Å²) >= 11 is 0. The van der Waals surface area contributed by atoms with Gasteiger partial charge in [0.25, 0.3) is 5.91 Å². The lowest BCUT2D eigenvalue weighted by atomic mass is 9.92. The van der Waals surface area contributed by atoms with Gasteiger partial charge < -0.3 is 25.3 Å². The van der Waals surface area contributed by atoms with Gasteiger partial charge >= 0.3 is 5.97 Å². The number of phenols is 3. The van der Waals surface area contributed by atoms with Gasteiger partial charge in [0, 0.05) is 18.7 Å². The summed E-state index contributed by atoms with van der Waals surface area (Å²) in [6.45, 7) is 2.60. The summed E-state index contributed by atoms with van der Waals surface area (Å²) in [5.41, 5.74) is 1.42. The van der Waals surface area contributed by atoms with E-state index < -0.39 is 68.1 Å². The number of rotatable bonds is 7. The number of phenolic OH excluding ortho intramolecular Hbond substituents is 3.